The zero-order valence-electron chi connectivity index (χ0n) is 9.58. The molecule has 0 amide bonds. The smallest absolute Gasteiger partial charge is 0.263 e. The van der Waals surface area contributed by atoms with Gasteiger partial charge in [0.15, 0.2) is 11.5 Å². The number of nitrogens with two attached hydrogens (primary N) is 1. The highest BCUT2D eigenvalue weighted by Gasteiger charge is 2.23. The fourth-order valence-electron chi connectivity index (χ4n) is 1.82. The van der Waals surface area contributed by atoms with E-state index in [2.05, 4.69) is 0 Å². The highest BCUT2D eigenvalue weighted by molar-refractivity contribution is 5.52. The molecule has 0 saturated carbocycles. The topological polar surface area (TPSA) is 44.5 Å². The Morgan fingerprint density at radius 3 is 2.65 bits per heavy atom. The van der Waals surface area contributed by atoms with Gasteiger partial charge in [0.05, 0.1) is 0 Å². The molecule has 1 unspecified atom stereocenters. The summed E-state index contributed by atoms with van der Waals surface area (Å²) in [4.78, 5) is 0. The number of benzene rings is 1. The highest BCUT2D eigenvalue weighted by atomic mass is 19.3. The highest BCUT2D eigenvalue weighted by Crippen LogP contribution is 2.40. The van der Waals surface area contributed by atoms with E-state index in [-0.39, 0.29) is 11.5 Å². The molecule has 17 heavy (non-hydrogen) atoms. The number of hydrogen-bond acceptors (Lipinski definition) is 3. The Balaban J connectivity index is 2.50. The van der Waals surface area contributed by atoms with Crippen molar-refractivity contribution in [2.24, 2.45) is 5.73 Å². The van der Waals surface area contributed by atoms with E-state index in [0.29, 0.717) is 36.8 Å². The predicted molar refractivity (Wildman–Crippen MR) is 59.9 cm³/mol. The summed E-state index contributed by atoms with van der Waals surface area (Å²) in [5, 5.41) is 0. The predicted octanol–water partition coefficient (Wildman–Crippen LogP) is 2.46. The normalized spacial score (nSPS) is 16.1. The molecular formula is C12H15F2NO2. The third kappa shape index (κ3) is 2.34. The quantitative estimate of drug-likeness (QED) is 0.886. The van der Waals surface area contributed by atoms with Crippen LogP contribution in [-0.4, -0.2) is 19.8 Å². The molecule has 0 aliphatic carbocycles. The molecule has 0 bridgehead atoms. The standard InChI is InChI=1S/C12H15F2NO2/c1-7(6-15)9-4-8(12(13)14)5-10-11(9)17-3-2-16-10/h4-5,7,12H,2-3,6,15H2,1H3. The van der Waals surface area contributed by atoms with E-state index in [9.17, 15) is 8.78 Å². The van der Waals surface area contributed by atoms with Crippen molar-refractivity contribution in [3.05, 3.63) is 23.3 Å². The van der Waals surface area contributed by atoms with Gasteiger partial charge in [-0.1, -0.05) is 6.92 Å². The van der Waals surface area contributed by atoms with Crippen molar-refractivity contribution < 1.29 is 18.3 Å². The molecule has 1 aliphatic heterocycles. The van der Waals surface area contributed by atoms with E-state index in [4.69, 9.17) is 15.2 Å². The lowest BCUT2D eigenvalue weighted by atomic mass is 9.97. The van der Waals surface area contributed by atoms with Crippen molar-refractivity contribution in [1.29, 1.82) is 0 Å². The largest absolute Gasteiger partial charge is 0.486 e. The first-order valence-electron chi connectivity index (χ1n) is 5.55. The number of rotatable bonds is 3. The van der Waals surface area contributed by atoms with Crippen LogP contribution in [0.2, 0.25) is 0 Å². The van der Waals surface area contributed by atoms with Crippen molar-refractivity contribution >= 4 is 0 Å². The van der Waals surface area contributed by atoms with Crippen LogP contribution in [0.25, 0.3) is 0 Å². The van der Waals surface area contributed by atoms with Gasteiger partial charge in [0.2, 0.25) is 0 Å². The molecule has 0 spiro atoms. The molecule has 2 N–H and O–H groups in total. The molecule has 1 atom stereocenters. The van der Waals surface area contributed by atoms with Gasteiger partial charge in [0.25, 0.3) is 6.43 Å². The summed E-state index contributed by atoms with van der Waals surface area (Å²) in [6, 6.07) is 2.79. The van der Waals surface area contributed by atoms with E-state index in [0.717, 1.165) is 0 Å². The molecule has 0 fully saturated rings. The first-order valence-corrected chi connectivity index (χ1v) is 5.55. The van der Waals surface area contributed by atoms with Crippen LogP contribution < -0.4 is 15.2 Å². The average Bonchev–Trinajstić information content (AvgIpc) is 2.36. The minimum atomic E-state index is -2.52. The summed E-state index contributed by atoms with van der Waals surface area (Å²) in [5.74, 6) is 0.909. The molecule has 0 saturated heterocycles. The zero-order chi connectivity index (χ0) is 12.4. The molecule has 0 aromatic heterocycles. The molecular weight excluding hydrogens is 228 g/mol. The van der Waals surface area contributed by atoms with Gasteiger partial charge in [-0.05, 0) is 24.6 Å². The third-order valence-corrected chi connectivity index (χ3v) is 2.83. The molecule has 1 aromatic carbocycles. The second kappa shape index (κ2) is 4.87. The first kappa shape index (κ1) is 12.1. The number of hydrogen-bond donors (Lipinski definition) is 1. The van der Waals surface area contributed by atoms with Gasteiger partial charge in [-0.3, -0.25) is 0 Å². The van der Waals surface area contributed by atoms with Crippen molar-refractivity contribution in [3.8, 4) is 11.5 Å². The summed E-state index contributed by atoms with van der Waals surface area (Å²) in [7, 11) is 0. The maximum Gasteiger partial charge on any atom is 0.263 e. The lowest BCUT2D eigenvalue weighted by molar-refractivity contribution is 0.146. The summed E-state index contributed by atoms with van der Waals surface area (Å²) in [6.45, 7) is 3.08. The summed E-state index contributed by atoms with van der Waals surface area (Å²) in [6.07, 6.45) is -2.52. The van der Waals surface area contributed by atoms with Gasteiger partial charge < -0.3 is 15.2 Å². The van der Waals surface area contributed by atoms with Gasteiger partial charge in [-0.25, -0.2) is 8.78 Å². The fourth-order valence-corrected chi connectivity index (χ4v) is 1.82. The Labute approximate surface area is 98.5 Å². The van der Waals surface area contributed by atoms with Crippen molar-refractivity contribution in [2.75, 3.05) is 19.8 Å². The Bertz CT molecular complexity index is 410. The Kier molecular flexibility index (Phi) is 3.47. The van der Waals surface area contributed by atoms with Gasteiger partial charge in [-0.15, -0.1) is 0 Å². The SMILES string of the molecule is CC(CN)c1cc(C(F)F)cc2c1OCCO2. The Hall–Kier alpha value is -1.36. The maximum absolute atomic E-state index is 12.8. The molecule has 1 aliphatic rings. The summed E-state index contributed by atoms with van der Waals surface area (Å²) in [5.41, 5.74) is 6.22. The summed E-state index contributed by atoms with van der Waals surface area (Å²) < 4.78 is 36.4. The van der Waals surface area contributed by atoms with Gasteiger partial charge in [0, 0.05) is 11.1 Å². The number of fused-ring (bicyclic) bond motifs is 1. The van der Waals surface area contributed by atoms with Crippen molar-refractivity contribution in [2.45, 2.75) is 19.3 Å². The Morgan fingerprint density at radius 1 is 1.29 bits per heavy atom. The fraction of sp³-hybridized carbons (Fsp3) is 0.500. The number of halogens is 2. The van der Waals surface area contributed by atoms with Crippen LogP contribution in [0.3, 0.4) is 0 Å². The van der Waals surface area contributed by atoms with Crippen molar-refractivity contribution in [3.63, 3.8) is 0 Å². The van der Waals surface area contributed by atoms with Gasteiger partial charge in [0.1, 0.15) is 13.2 Å². The van der Waals surface area contributed by atoms with Crippen LogP contribution in [0.4, 0.5) is 8.78 Å². The van der Waals surface area contributed by atoms with Crippen LogP contribution >= 0.6 is 0 Å². The average molecular weight is 243 g/mol. The van der Waals surface area contributed by atoms with E-state index < -0.39 is 6.43 Å². The van der Waals surface area contributed by atoms with Crippen LogP contribution in [0.15, 0.2) is 12.1 Å². The lowest BCUT2D eigenvalue weighted by Gasteiger charge is -2.24. The first-order chi connectivity index (χ1) is 8.13. The van der Waals surface area contributed by atoms with E-state index >= 15 is 0 Å². The lowest BCUT2D eigenvalue weighted by Crippen LogP contribution is -2.19. The third-order valence-electron chi connectivity index (χ3n) is 2.83. The summed E-state index contributed by atoms with van der Waals surface area (Å²) >= 11 is 0. The Morgan fingerprint density at radius 2 is 2.00 bits per heavy atom. The molecule has 1 heterocycles. The second-order valence-electron chi connectivity index (χ2n) is 4.07. The van der Waals surface area contributed by atoms with Crippen LogP contribution in [0.5, 0.6) is 11.5 Å². The number of alkyl halides is 2. The second-order valence-corrected chi connectivity index (χ2v) is 4.07. The van der Waals surface area contributed by atoms with E-state index in [1.54, 1.807) is 0 Å². The molecule has 1 aromatic rings. The molecule has 2 rings (SSSR count). The van der Waals surface area contributed by atoms with Crippen molar-refractivity contribution in [1.82, 2.24) is 0 Å². The maximum atomic E-state index is 12.8. The van der Waals surface area contributed by atoms with Crippen LogP contribution in [-0.2, 0) is 0 Å². The van der Waals surface area contributed by atoms with E-state index in [1.165, 1.54) is 12.1 Å². The molecule has 5 heteroatoms. The number of ether oxygens (including phenoxy) is 2. The molecule has 0 radical (unpaired) electrons. The zero-order valence-corrected chi connectivity index (χ0v) is 9.58. The van der Waals surface area contributed by atoms with Gasteiger partial charge >= 0.3 is 0 Å². The molecule has 94 valence electrons. The van der Waals surface area contributed by atoms with Gasteiger partial charge in [-0.2, -0.15) is 0 Å². The minimum Gasteiger partial charge on any atom is -0.486 e. The minimum absolute atomic E-state index is 0.0378. The van der Waals surface area contributed by atoms with Crippen LogP contribution in [0, 0.1) is 0 Å². The monoisotopic (exact) mass is 243 g/mol. The van der Waals surface area contributed by atoms with Crippen LogP contribution in [0.1, 0.15) is 30.4 Å². The molecule has 3 nitrogen and oxygen atoms in total. The van der Waals surface area contributed by atoms with E-state index in [1.807, 2.05) is 6.92 Å².